The van der Waals surface area contributed by atoms with Gasteiger partial charge in [0.25, 0.3) is 0 Å². The number of carboxylic acids is 1. The zero-order valence-corrected chi connectivity index (χ0v) is 21.1. The molecule has 0 aromatic heterocycles. The van der Waals surface area contributed by atoms with E-state index in [-0.39, 0.29) is 6.42 Å². The largest absolute Gasteiger partial charge is 0.481 e. The van der Waals surface area contributed by atoms with Crippen molar-refractivity contribution in [1.82, 2.24) is 4.90 Å². The molecule has 0 aromatic rings. The minimum Gasteiger partial charge on any atom is -0.481 e. The van der Waals surface area contributed by atoms with E-state index in [0.717, 1.165) is 13.2 Å². The van der Waals surface area contributed by atoms with Gasteiger partial charge in [-0.2, -0.15) is 0 Å². The molecule has 0 rings (SSSR count). The molecule has 0 unspecified atom stereocenters. The molecule has 0 fully saturated rings. The van der Waals surface area contributed by atoms with Gasteiger partial charge in [0.15, 0.2) is 0 Å². The summed E-state index contributed by atoms with van der Waals surface area (Å²) in [7, 11) is 1.82. The number of methoxy groups -OCH3 is 1. The van der Waals surface area contributed by atoms with E-state index in [4.69, 9.17) is 9.84 Å². The molecular weight excluding hydrogens is 374 g/mol. The van der Waals surface area contributed by atoms with Crippen molar-refractivity contribution in [3.05, 3.63) is 0 Å². The van der Waals surface area contributed by atoms with Crippen LogP contribution in [0.25, 0.3) is 0 Å². The number of hydrogen-bond donors (Lipinski definition) is 1. The van der Waals surface area contributed by atoms with Crippen LogP contribution < -0.4 is 0 Å². The summed E-state index contributed by atoms with van der Waals surface area (Å²) >= 11 is 0. The predicted molar refractivity (Wildman–Crippen MR) is 131 cm³/mol. The van der Waals surface area contributed by atoms with Crippen LogP contribution in [0.2, 0.25) is 0 Å². The zero-order chi connectivity index (χ0) is 22.7. The topological polar surface area (TPSA) is 49.8 Å². The summed E-state index contributed by atoms with van der Waals surface area (Å²) in [4.78, 5) is 12.0. The van der Waals surface area contributed by atoms with Crippen LogP contribution in [0.5, 0.6) is 0 Å². The van der Waals surface area contributed by atoms with Crippen LogP contribution in [0.4, 0.5) is 0 Å². The van der Waals surface area contributed by atoms with Crippen molar-refractivity contribution in [2.24, 2.45) is 0 Å². The zero-order valence-electron chi connectivity index (χ0n) is 21.1. The number of aliphatic carboxylic acids is 1. The highest BCUT2D eigenvalue weighted by molar-refractivity contribution is 5.66. The van der Waals surface area contributed by atoms with Crippen LogP contribution >= 0.6 is 0 Å². The average molecular weight is 430 g/mol. The van der Waals surface area contributed by atoms with Crippen molar-refractivity contribution >= 4 is 5.97 Å². The predicted octanol–water partition coefficient (Wildman–Crippen LogP) is 7.70. The number of rotatable bonds is 22. The molecular formula is C26H55NO3. The molecule has 0 saturated heterocycles. The molecule has 0 atom stereocenters. The smallest absolute Gasteiger partial charge is 0.303 e. The Bertz CT molecular complexity index is 303. The molecule has 0 aliphatic rings. The monoisotopic (exact) mass is 429 g/mol. The molecule has 0 amide bonds. The lowest BCUT2D eigenvalue weighted by atomic mass is 10.1. The second-order valence-electron chi connectivity index (χ2n) is 8.53. The SMILES string of the molecule is CCC(=O)O.CCCCCCCCCCN(CCCCCCCCCC)CCOC. The maximum atomic E-state index is 9.37. The molecule has 182 valence electrons. The van der Waals surface area contributed by atoms with Crippen molar-refractivity contribution in [3.8, 4) is 0 Å². The Morgan fingerprint density at radius 3 is 1.27 bits per heavy atom. The first-order valence-corrected chi connectivity index (χ1v) is 13.0. The fourth-order valence-electron chi connectivity index (χ4n) is 3.49. The number of hydrogen-bond acceptors (Lipinski definition) is 3. The van der Waals surface area contributed by atoms with E-state index >= 15 is 0 Å². The van der Waals surface area contributed by atoms with Crippen LogP contribution in [0.15, 0.2) is 0 Å². The highest BCUT2D eigenvalue weighted by Gasteiger charge is 2.04. The summed E-state index contributed by atoms with van der Waals surface area (Å²) in [6.07, 6.45) is 22.8. The average Bonchev–Trinajstić information content (AvgIpc) is 2.75. The van der Waals surface area contributed by atoms with Crippen molar-refractivity contribution in [1.29, 1.82) is 0 Å². The van der Waals surface area contributed by atoms with Gasteiger partial charge in [-0.05, 0) is 25.9 Å². The van der Waals surface area contributed by atoms with E-state index < -0.39 is 5.97 Å². The number of carboxylic acid groups (broad SMARTS) is 1. The standard InChI is InChI=1S/C23H49NO.C3H6O2/c1-4-6-8-10-12-14-16-18-20-24(22-23-25-3)21-19-17-15-13-11-9-7-5-2;1-2-3(4)5/h4-23H2,1-3H3;2H2,1H3,(H,4,5). The summed E-state index contributed by atoms with van der Waals surface area (Å²) in [5.41, 5.74) is 0. The Labute approximate surface area is 189 Å². The first-order chi connectivity index (χ1) is 14.6. The maximum Gasteiger partial charge on any atom is 0.303 e. The van der Waals surface area contributed by atoms with E-state index in [0.29, 0.717) is 0 Å². The highest BCUT2D eigenvalue weighted by Crippen LogP contribution is 2.11. The second kappa shape index (κ2) is 28.4. The van der Waals surface area contributed by atoms with Gasteiger partial charge in [0.05, 0.1) is 6.61 Å². The van der Waals surface area contributed by atoms with E-state index in [9.17, 15) is 4.79 Å². The minimum absolute atomic E-state index is 0.222. The molecule has 0 heterocycles. The summed E-state index contributed by atoms with van der Waals surface area (Å²) in [5, 5.41) is 7.72. The first kappa shape index (κ1) is 31.6. The Morgan fingerprint density at radius 2 is 0.967 bits per heavy atom. The number of ether oxygens (including phenoxy) is 1. The van der Waals surface area contributed by atoms with Gasteiger partial charge in [-0.1, -0.05) is 111 Å². The van der Waals surface area contributed by atoms with Gasteiger partial charge in [0, 0.05) is 20.1 Å². The summed E-state index contributed by atoms with van der Waals surface area (Å²) in [5.74, 6) is -0.745. The fourth-order valence-corrected chi connectivity index (χ4v) is 3.49. The van der Waals surface area contributed by atoms with Crippen LogP contribution in [0, 0.1) is 0 Å². The minimum atomic E-state index is -0.745. The molecule has 4 nitrogen and oxygen atoms in total. The Balaban J connectivity index is 0. The first-order valence-electron chi connectivity index (χ1n) is 13.0. The van der Waals surface area contributed by atoms with Gasteiger partial charge in [0.1, 0.15) is 0 Å². The summed E-state index contributed by atoms with van der Waals surface area (Å²) in [6.45, 7) is 10.7. The molecule has 0 saturated carbocycles. The number of unbranched alkanes of at least 4 members (excludes halogenated alkanes) is 14. The lowest BCUT2D eigenvalue weighted by Gasteiger charge is -2.22. The van der Waals surface area contributed by atoms with Gasteiger partial charge >= 0.3 is 5.97 Å². The fraction of sp³-hybridized carbons (Fsp3) is 0.962. The van der Waals surface area contributed by atoms with Gasteiger partial charge in [0.2, 0.25) is 0 Å². The molecule has 0 aromatic carbocycles. The number of carbonyl (C=O) groups is 1. The van der Waals surface area contributed by atoms with Crippen LogP contribution in [-0.4, -0.2) is 49.3 Å². The maximum absolute atomic E-state index is 9.37. The van der Waals surface area contributed by atoms with Crippen molar-refractivity contribution in [2.45, 2.75) is 130 Å². The highest BCUT2D eigenvalue weighted by atomic mass is 16.5. The normalized spacial score (nSPS) is 10.8. The van der Waals surface area contributed by atoms with Crippen molar-refractivity contribution in [2.75, 3.05) is 33.4 Å². The summed E-state index contributed by atoms with van der Waals surface area (Å²) < 4.78 is 5.30. The van der Waals surface area contributed by atoms with Crippen LogP contribution in [0.3, 0.4) is 0 Å². The molecule has 1 N–H and O–H groups in total. The van der Waals surface area contributed by atoms with Crippen molar-refractivity contribution in [3.63, 3.8) is 0 Å². The van der Waals surface area contributed by atoms with E-state index in [2.05, 4.69) is 18.7 Å². The van der Waals surface area contributed by atoms with Gasteiger partial charge in [-0.25, -0.2) is 0 Å². The van der Waals surface area contributed by atoms with Gasteiger partial charge in [-0.15, -0.1) is 0 Å². The summed E-state index contributed by atoms with van der Waals surface area (Å²) in [6, 6.07) is 0. The van der Waals surface area contributed by atoms with E-state index in [1.807, 2.05) is 7.11 Å². The van der Waals surface area contributed by atoms with Crippen molar-refractivity contribution < 1.29 is 14.6 Å². The third-order valence-electron chi connectivity index (χ3n) is 5.57. The Hall–Kier alpha value is -0.610. The Morgan fingerprint density at radius 1 is 0.633 bits per heavy atom. The van der Waals surface area contributed by atoms with Gasteiger partial charge in [-0.3, -0.25) is 4.79 Å². The van der Waals surface area contributed by atoms with E-state index in [1.165, 1.54) is 116 Å². The molecule has 0 radical (unpaired) electrons. The molecule has 0 spiro atoms. The van der Waals surface area contributed by atoms with Crippen LogP contribution in [0.1, 0.15) is 130 Å². The van der Waals surface area contributed by atoms with Gasteiger partial charge < -0.3 is 14.7 Å². The quantitative estimate of drug-likeness (QED) is 0.179. The molecule has 4 heteroatoms. The molecule has 0 aliphatic carbocycles. The Kier molecular flexibility index (Phi) is 29.9. The lowest BCUT2D eigenvalue weighted by Crippen LogP contribution is -2.29. The second-order valence-corrected chi connectivity index (χ2v) is 8.53. The third-order valence-corrected chi connectivity index (χ3v) is 5.57. The van der Waals surface area contributed by atoms with E-state index in [1.54, 1.807) is 6.92 Å². The molecule has 0 aliphatic heterocycles. The lowest BCUT2D eigenvalue weighted by molar-refractivity contribution is -0.136. The molecule has 30 heavy (non-hydrogen) atoms. The molecule has 0 bridgehead atoms. The third kappa shape index (κ3) is 29.6. The number of nitrogens with zero attached hydrogens (tertiary/aromatic N) is 1. The van der Waals surface area contributed by atoms with Crippen LogP contribution in [-0.2, 0) is 9.53 Å².